The topological polar surface area (TPSA) is 45.1 Å². The summed E-state index contributed by atoms with van der Waals surface area (Å²) in [7, 11) is 0. The van der Waals surface area contributed by atoms with Gasteiger partial charge in [0, 0.05) is 23.7 Å². The minimum absolute atomic E-state index is 0.172. The summed E-state index contributed by atoms with van der Waals surface area (Å²) in [5, 5.41) is 13.6. The average molecular weight is 311 g/mol. The number of aromatic nitrogens is 1. The molecule has 20 heavy (non-hydrogen) atoms. The maximum absolute atomic E-state index is 10.2. The molecule has 3 nitrogen and oxygen atoms in total. The molecule has 0 radical (unpaired) electrons. The van der Waals surface area contributed by atoms with Gasteiger partial charge in [0.25, 0.3) is 0 Å². The molecule has 0 bridgehead atoms. The largest absolute Gasteiger partial charge is 0.386 e. The maximum Gasteiger partial charge on any atom is 0.101 e. The Morgan fingerprint density at radius 1 is 1.35 bits per heavy atom. The lowest BCUT2D eigenvalue weighted by molar-refractivity contribution is 0.172. The normalized spacial score (nSPS) is 14.2. The second-order valence-corrected chi connectivity index (χ2v) is 6.41. The first-order valence-corrected chi connectivity index (χ1v) is 7.97. The summed E-state index contributed by atoms with van der Waals surface area (Å²) in [5.41, 5.74) is 1.02. The van der Waals surface area contributed by atoms with Gasteiger partial charge in [0.1, 0.15) is 6.10 Å². The lowest BCUT2D eigenvalue weighted by atomic mass is 10.1. The van der Waals surface area contributed by atoms with Gasteiger partial charge in [-0.25, -0.2) is 0 Å². The fourth-order valence-corrected chi connectivity index (χ4v) is 3.13. The predicted octanol–water partition coefficient (Wildman–Crippen LogP) is 3.96. The average Bonchev–Trinajstić information content (AvgIpc) is 2.91. The molecule has 0 aromatic carbocycles. The molecule has 2 N–H and O–H groups in total. The lowest BCUT2D eigenvalue weighted by Gasteiger charge is -2.19. The van der Waals surface area contributed by atoms with Crippen molar-refractivity contribution in [1.82, 2.24) is 10.3 Å². The van der Waals surface area contributed by atoms with E-state index in [1.54, 1.807) is 6.20 Å². The van der Waals surface area contributed by atoms with E-state index >= 15 is 0 Å². The number of pyridine rings is 1. The molecule has 2 heterocycles. The van der Waals surface area contributed by atoms with Crippen LogP contribution < -0.4 is 5.32 Å². The highest BCUT2D eigenvalue weighted by molar-refractivity contribution is 7.16. The Labute approximate surface area is 128 Å². The van der Waals surface area contributed by atoms with Crippen molar-refractivity contribution in [3.63, 3.8) is 0 Å². The van der Waals surface area contributed by atoms with Crippen LogP contribution in [-0.4, -0.2) is 16.6 Å². The standard InChI is InChI=1S/C15H19ClN2OS/c1-2-5-11(12-6-3-4-9-17-12)18-10-13(19)14-7-8-15(16)20-14/h3-4,6-9,11,13,18-19H,2,5,10H2,1H3. The number of thiophene rings is 1. The molecule has 2 atom stereocenters. The maximum atomic E-state index is 10.2. The molecule has 0 amide bonds. The van der Waals surface area contributed by atoms with E-state index in [0.717, 1.165) is 23.4 Å². The number of rotatable bonds is 7. The van der Waals surface area contributed by atoms with Crippen LogP contribution in [0.25, 0.3) is 0 Å². The Hall–Kier alpha value is -0.940. The lowest BCUT2D eigenvalue weighted by Crippen LogP contribution is -2.26. The van der Waals surface area contributed by atoms with Gasteiger partial charge in [-0.05, 0) is 30.7 Å². The number of hydrogen-bond acceptors (Lipinski definition) is 4. The Bertz CT molecular complexity index is 518. The van der Waals surface area contributed by atoms with Gasteiger partial charge in [0.15, 0.2) is 0 Å². The zero-order valence-electron chi connectivity index (χ0n) is 11.4. The third-order valence-corrected chi connectivity index (χ3v) is 4.43. The zero-order valence-corrected chi connectivity index (χ0v) is 13.0. The van der Waals surface area contributed by atoms with E-state index in [1.165, 1.54) is 11.3 Å². The Morgan fingerprint density at radius 2 is 2.20 bits per heavy atom. The van der Waals surface area contributed by atoms with Gasteiger partial charge in [-0.1, -0.05) is 31.0 Å². The van der Waals surface area contributed by atoms with Crippen molar-refractivity contribution in [2.75, 3.05) is 6.54 Å². The van der Waals surface area contributed by atoms with Crippen LogP contribution in [0.5, 0.6) is 0 Å². The number of hydrogen-bond donors (Lipinski definition) is 2. The van der Waals surface area contributed by atoms with Gasteiger partial charge < -0.3 is 10.4 Å². The minimum Gasteiger partial charge on any atom is -0.386 e. The molecule has 2 unspecified atom stereocenters. The van der Waals surface area contributed by atoms with Gasteiger partial charge in [0.2, 0.25) is 0 Å². The van der Waals surface area contributed by atoms with Crippen LogP contribution in [0.2, 0.25) is 4.34 Å². The number of halogens is 1. The molecule has 0 spiro atoms. The van der Waals surface area contributed by atoms with Gasteiger partial charge in [0.05, 0.1) is 10.0 Å². The molecule has 0 saturated carbocycles. The monoisotopic (exact) mass is 310 g/mol. The number of aliphatic hydroxyl groups is 1. The molecule has 0 aliphatic rings. The van der Waals surface area contributed by atoms with Crippen LogP contribution in [-0.2, 0) is 0 Å². The van der Waals surface area contributed by atoms with E-state index < -0.39 is 6.10 Å². The highest BCUT2D eigenvalue weighted by Gasteiger charge is 2.15. The van der Waals surface area contributed by atoms with Gasteiger partial charge in [-0.3, -0.25) is 4.98 Å². The predicted molar refractivity (Wildman–Crippen MR) is 84.2 cm³/mol. The summed E-state index contributed by atoms with van der Waals surface area (Å²) in [6, 6.07) is 9.77. The van der Waals surface area contributed by atoms with Crippen molar-refractivity contribution in [3.05, 3.63) is 51.4 Å². The van der Waals surface area contributed by atoms with Crippen molar-refractivity contribution in [2.45, 2.75) is 31.9 Å². The van der Waals surface area contributed by atoms with Gasteiger partial charge in [-0.2, -0.15) is 0 Å². The molecule has 5 heteroatoms. The molecule has 0 aliphatic heterocycles. The number of nitrogens with zero attached hydrogens (tertiary/aromatic N) is 1. The molecular formula is C15H19ClN2OS. The van der Waals surface area contributed by atoms with Crippen molar-refractivity contribution in [3.8, 4) is 0 Å². The summed E-state index contributed by atoms with van der Waals surface area (Å²) in [5.74, 6) is 0. The summed E-state index contributed by atoms with van der Waals surface area (Å²) in [4.78, 5) is 5.28. The molecule has 0 aliphatic carbocycles. The fourth-order valence-electron chi connectivity index (χ4n) is 2.09. The van der Waals surface area contributed by atoms with E-state index in [4.69, 9.17) is 11.6 Å². The summed E-state index contributed by atoms with van der Waals surface area (Å²) >= 11 is 7.31. The quantitative estimate of drug-likeness (QED) is 0.813. The molecule has 2 aromatic rings. The van der Waals surface area contributed by atoms with Crippen molar-refractivity contribution in [1.29, 1.82) is 0 Å². The summed E-state index contributed by atoms with van der Waals surface area (Å²) < 4.78 is 0.703. The first-order chi connectivity index (χ1) is 9.70. The van der Waals surface area contributed by atoms with Crippen molar-refractivity contribution in [2.24, 2.45) is 0 Å². The van der Waals surface area contributed by atoms with E-state index in [2.05, 4.69) is 17.2 Å². The highest BCUT2D eigenvalue weighted by atomic mass is 35.5. The first kappa shape index (κ1) is 15.4. The second-order valence-electron chi connectivity index (χ2n) is 4.66. The van der Waals surface area contributed by atoms with Crippen LogP contribution >= 0.6 is 22.9 Å². The van der Waals surface area contributed by atoms with Crippen molar-refractivity contribution < 1.29 is 5.11 Å². The molecule has 0 fully saturated rings. The summed E-state index contributed by atoms with van der Waals surface area (Å²) in [6.07, 6.45) is 3.33. The van der Waals surface area contributed by atoms with E-state index in [0.29, 0.717) is 10.9 Å². The third kappa shape index (κ3) is 4.28. The molecule has 2 aromatic heterocycles. The molecule has 108 valence electrons. The first-order valence-electron chi connectivity index (χ1n) is 6.78. The smallest absolute Gasteiger partial charge is 0.101 e. The Morgan fingerprint density at radius 3 is 2.80 bits per heavy atom. The number of aliphatic hydroxyl groups excluding tert-OH is 1. The van der Waals surface area contributed by atoms with Gasteiger partial charge in [-0.15, -0.1) is 11.3 Å². The Kier molecular flexibility index (Phi) is 5.98. The summed E-state index contributed by atoms with van der Waals surface area (Å²) in [6.45, 7) is 2.64. The number of nitrogens with one attached hydrogen (secondary N) is 1. The Balaban J connectivity index is 1.95. The third-order valence-electron chi connectivity index (χ3n) is 3.10. The second kappa shape index (κ2) is 7.74. The fraction of sp³-hybridized carbons (Fsp3) is 0.400. The van der Waals surface area contributed by atoms with Crippen LogP contribution in [0, 0.1) is 0 Å². The van der Waals surface area contributed by atoms with Crippen LogP contribution in [0.15, 0.2) is 36.5 Å². The van der Waals surface area contributed by atoms with Crippen LogP contribution in [0.4, 0.5) is 0 Å². The van der Waals surface area contributed by atoms with E-state index in [1.807, 2.05) is 30.3 Å². The van der Waals surface area contributed by atoms with E-state index in [-0.39, 0.29) is 6.04 Å². The van der Waals surface area contributed by atoms with Gasteiger partial charge >= 0.3 is 0 Å². The minimum atomic E-state index is -0.532. The van der Waals surface area contributed by atoms with E-state index in [9.17, 15) is 5.11 Å². The molecular weight excluding hydrogens is 292 g/mol. The SMILES string of the molecule is CCCC(NCC(O)c1ccc(Cl)s1)c1ccccn1. The highest BCUT2D eigenvalue weighted by Crippen LogP contribution is 2.27. The van der Waals surface area contributed by atoms with Crippen molar-refractivity contribution >= 4 is 22.9 Å². The van der Waals surface area contributed by atoms with Crippen LogP contribution in [0.3, 0.4) is 0 Å². The molecule has 2 rings (SSSR count). The van der Waals surface area contributed by atoms with Crippen LogP contribution in [0.1, 0.15) is 42.5 Å². The zero-order chi connectivity index (χ0) is 14.4. The molecule has 0 saturated heterocycles.